The van der Waals surface area contributed by atoms with Crippen molar-refractivity contribution in [2.45, 2.75) is 39.0 Å². The van der Waals surface area contributed by atoms with E-state index in [1.807, 2.05) is 12.3 Å². The first-order valence-corrected chi connectivity index (χ1v) is 7.51. The van der Waals surface area contributed by atoms with Crippen molar-refractivity contribution in [1.29, 1.82) is 0 Å². The van der Waals surface area contributed by atoms with Crippen LogP contribution in [0.5, 0.6) is 0 Å². The molecule has 1 fully saturated rings. The summed E-state index contributed by atoms with van der Waals surface area (Å²) < 4.78 is 1.06. The average Bonchev–Trinajstić information content (AvgIpc) is 2.41. The monoisotopic (exact) mass is 311 g/mol. The van der Waals surface area contributed by atoms with E-state index < -0.39 is 0 Å². The van der Waals surface area contributed by atoms with Crippen molar-refractivity contribution in [2.24, 2.45) is 11.1 Å². The van der Waals surface area contributed by atoms with Gasteiger partial charge in [-0.3, -0.25) is 0 Å². The van der Waals surface area contributed by atoms with Crippen LogP contribution in [0.3, 0.4) is 0 Å². The second kappa shape index (κ2) is 6.02. The zero-order valence-corrected chi connectivity index (χ0v) is 12.6. The maximum atomic E-state index is 6.00. The van der Waals surface area contributed by atoms with Crippen molar-refractivity contribution in [1.82, 2.24) is 4.98 Å². The zero-order valence-electron chi connectivity index (χ0n) is 11.0. The molecule has 1 saturated carbocycles. The van der Waals surface area contributed by atoms with Gasteiger partial charge in [0.15, 0.2) is 0 Å². The lowest BCUT2D eigenvalue weighted by atomic mass is 9.74. The van der Waals surface area contributed by atoms with E-state index in [1.165, 1.54) is 37.7 Å². The molecule has 4 heteroatoms. The molecule has 1 aromatic rings. The van der Waals surface area contributed by atoms with E-state index in [1.54, 1.807) is 0 Å². The zero-order chi connectivity index (χ0) is 13.0. The molecular formula is C14H22BrN3. The van der Waals surface area contributed by atoms with E-state index in [0.29, 0.717) is 0 Å². The molecule has 3 nitrogen and oxygen atoms in total. The van der Waals surface area contributed by atoms with Crippen LogP contribution in [-0.4, -0.2) is 18.1 Å². The number of hydrogen-bond acceptors (Lipinski definition) is 3. The topological polar surface area (TPSA) is 50.9 Å². The third-order valence-electron chi connectivity index (χ3n) is 4.06. The molecule has 0 spiro atoms. The van der Waals surface area contributed by atoms with Gasteiger partial charge in [0, 0.05) is 12.7 Å². The molecule has 0 radical (unpaired) electrons. The first-order valence-electron chi connectivity index (χ1n) is 6.72. The number of nitrogens with two attached hydrogens (primary N) is 1. The lowest BCUT2D eigenvalue weighted by Gasteiger charge is -2.36. The van der Waals surface area contributed by atoms with Gasteiger partial charge in [0.25, 0.3) is 0 Å². The Morgan fingerprint density at radius 1 is 1.39 bits per heavy atom. The highest BCUT2D eigenvalue weighted by molar-refractivity contribution is 9.10. The molecule has 0 bridgehead atoms. The number of rotatable bonds is 4. The van der Waals surface area contributed by atoms with Gasteiger partial charge in [-0.2, -0.15) is 0 Å². The Morgan fingerprint density at radius 2 is 2.11 bits per heavy atom. The smallest absolute Gasteiger partial charge is 0.140 e. The Morgan fingerprint density at radius 3 is 2.78 bits per heavy atom. The van der Waals surface area contributed by atoms with Crippen molar-refractivity contribution >= 4 is 21.7 Å². The third-order valence-corrected chi connectivity index (χ3v) is 5.06. The Hall–Kier alpha value is -0.610. The van der Waals surface area contributed by atoms with Gasteiger partial charge in [0.1, 0.15) is 5.82 Å². The molecular weight excluding hydrogens is 290 g/mol. The maximum Gasteiger partial charge on any atom is 0.140 e. The van der Waals surface area contributed by atoms with Crippen LogP contribution in [0.1, 0.15) is 37.7 Å². The van der Waals surface area contributed by atoms with Crippen LogP contribution < -0.4 is 11.1 Å². The van der Waals surface area contributed by atoms with Crippen molar-refractivity contribution in [3.05, 3.63) is 22.3 Å². The van der Waals surface area contributed by atoms with E-state index >= 15 is 0 Å². The molecule has 1 aliphatic carbocycles. The van der Waals surface area contributed by atoms with E-state index in [0.717, 1.165) is 23.4 Å². The Labute approximate surface area is 118 Å². The van der Waals surface area contributed by atoms with Crippen molar-refractivity contribution in [3.63, 3.8) is 0 Å². The summed E-state index contributed by atoms with van der Waals surface area (Å²) in [6, 6.07) is 2.01. The van der Waals surface area contributed by atoms with Crippen LogP contribution in [0.2, 0.25) is 0 Å². The van der Waals surface area contributed by atoms with Crippen LogP contribution >= 0.6 is 15.9 Å². The van der Waals surface area contributed by atoms with Crippen LogP contribution in [-0.2, 0) is 0 Å². The number of halogens is 1. The van der Waals surface area contributed by atoms with Gasteiger partial charge in [-0.05, 0) is 59.3 Å². The lowest BCUT2D eigenvalue weighted by Crippen LogP contribution is -2.39. The quantitative estimate of drug-likeness (QED) is 0.895. The number of nitrogens with one attached hydrogen (secondary N) is 1. The number of pyridine rings is 1. The molecule has 0 amide bonds. The average molecular weight is 312 g/mol. The van der Waals surface area contributed by atoms with Gasteiger partial charge in [-0.25, -0.2) is 4.98 Å². The number of hydrogen-bond donors (Lipinski definition) is 2. The summed E-state index contributed by atoms with van der Waals surface area (Å²) in [4.78, 5) is 4.39. The van der Waals surface area contributed by atoms with Gasteiger partial charge in [-0.15, -0.1) is 0 Å². The molecule has 2 rings (SSSR count). The van der Waals surface area contributed by atoms with Gasteiger partial charge in [0.2, 0.25) is 0 Å². The largest absolute Gasteiger partial charge is 0.369 e. The fourth-order valence-corrected chi connectivity index (χ4v) is 3.06. The van der Waals surface area contributed by atoms with E-state index in [9.17, 15) is 0 Å². The molecule has 0 unspecified atom stereocenters. The van der Waals surface area contributed by atoms with Gasteiger partial charge in [-0.1, -0.05) is 19.3 Å². The summed E-state index contributed by atoms with van der Waals surface area (Å²) in [5, 5.41) is 3.48. The molecule has 18 heavy (non-hydrogen) atoms. The normalized spacial score (nSPS) is 18.6. The predicted molar refractivity (Wildman–Crippen MR) is 79.7 cm³/mol. The van der Waals surface area contributed by atoms with Crippen LogP contribution in [0, 0.1) is 12.3 Å². The highest BCUT2D eigenvalue weighted by Gasteiger charge is 2.30. The molecule has 0 atom stereocenters. The van der Waals surface area contributed by atoms with Crippen LogP contribution in [0.4, 0.5) is 5.82 Å². The highest BCUT2D eigenvalue weighted by atomic mass is 79.9. The molecule has 1 aliphatic rings. The van der Waals surface area contributed by atoms with E-state index in [-0.39, 0.29) is 5.41 Å². The van der Waals surface area contributed by atoms with Gasteiger partial charge >= 0.3 is 0 Å². The second-order valence-electron chi connectivity index (χ2n) is 5.41. The third kappa shape index (κ3) is 3.04. The van der Waals surface area contributed by atoms with Gasteiger partial charge in [0.05, 0.1) is 4.47 Å². The number of aromatic nitrogens is 1. The standard InChI is InChI=1S/C14H22BrN3/c1-11-5-8-17-13(12(11)15)18-10-14(9-16)6-3-2-4-7-14/h5,8H,2-4,6-7,9-10,16H2,1H3,(H,17,18). The minimum atomic E-state index is 0.267. The summed E-state index contributed by atoms with van der Waals surface area (Å²) in [5.41, 5.74) is 7.47. The van der Waals surface area contributed by atoms with Crippen LogP contribution in [0.25, 0.3) is 0 Å². The molecule has 0 aromatic carbocycles. The number of anilines is 1. The Balaban J connectivity index is 2.03. The summed E-state index contributed by atoms with van der Waals surface area (Å²) in [5.74, 6) is 0.938. The summed E-state index contributed by atoms with van der Waals surface area (Å²) in [7, 11) is 0. The number of nitrogens with zero attached hydrogens (tertiary/aromatic N) is 1. The summed E-state index contributed by atoms with van der Waals surface area (Å²) >= 11 is 3.59. The maximum absolute atomic E-state index is 6.00. The predicted octanol–water partition coefficient (Wildman–Crippen LogP) is 3.47. The second-order valence-corrected chi connectivity index (χ2v) is 6.20. The molecule has 3 N–H and O–H groups in total. The number of aryl methyl sites for hydroxylation is 1. The molecule has 100 valence electrons. The lowest BCUT2D eigenvalue weighted by molar-refractivity contribution is 0.215. The van der Waals surface area contributed by atoms with E-state index in [2.05, 4.69) is 33.2 Å². The first kappa shape index (κ1) is 13.8. The summed E-state index contributed by atoms with van der Waals surface area (Å²) in [6.45, 7) is 3.78. The van der Waals surface area contributed by atoms with Gasteiger partial charge < -0.3 is 11.1 Å². The van der Waals surface area contributed by atoms with E-state index in [4.69, 9.17) is 5.73 Å². The Bertz CT molecular complexity index is 400. The molecule has 0 saturated heterocycles. The fourth-order valence-electron chi connectivity index (χ4n) is 2.69. The fraction of sp³-hybridized carbons (Fsp3) is 0.643. The first-order chi connectivity index (χ1) is 8.67. The van der Waals surface area contributed by atoms with Crippen molar-refractivity contribution in [3.8, 4) is 0 Å². The van der Waals surface area contributed by atoms with Crippen molar-refractivity contribution in [2.75, 3.05) is 18.4 Å². The Kier molecular flexibility index (Phi) is 4.62. The molecule has 0 aliphatic heterocycles. The van der Waals surface area contributed by atoms with Crippen molar-refractivity contribution < 1.29 is 0 Å². The minimum absolute atomic E-state index is 0.267. The minimum Gasteiger partial charge on any atom is -0.369 e. The summed E-state index contributed by atoms with van der Waals surface area (Å²) in [6.07, 6.45) is 8.29. The molecule has 1 aromatic heterocycles. The molecule has 1 heterocycles. The highest BCUT2D eigenvalue weighted by Crippen LogP contribution is 2.36. The SMILES string of the molecule is Cc1ccnc(NCC2(CN)CCCCC2)c1Br. The van der Waals surface area contributed by atoms with Crippen LogP contribution in [0.15, 0.2) is 16.7 Å².